The van der Waals surface area contributed by atoms with Crippen LogP contribution in [0, 0.1) is 0 Å². The molecule has 2 heterocycles. The third kappa shape index (κ3) is 3.88. The molecule has 0 aromatic rings. The fourth-order valence-corrected chi connectivity index (χ4v) is 3.58. The molecule has 2 aliphatic rings. The number of hydrogen-bond acceptors (Lipinski definition) is 4. The quantitative estimate of drug-likeness (QED) is 0.681. The molecule has 2 fully saturated rings. The average molecular weight is 338 g/mol. The summed E-state index contributed by atoms with van der Waals surface area (Å²) >= 11 is 0. The molecular weight excluding hydrogens is 308 g/mol. The first-order chi connectivity index (χ1) is 11.5. The number of nitrogens with one attached hydrogen (secondary N) is 2. The first kappa shape index (κ1) is 18.7. The molecule has 2 rings (SSSR count). The monoisotopic (exact) mass is 338 g/mol. The minimum Gasteiger partial charge on any atom is -0.352 e. The number of carbonyl (C=O) groups excluding carboxylic acids is 3. The average Bonchev–Trinajstić information content (AvgIpc) is 2.81. The summed E-state index contributed by atoms with van der Waals surface area (Å²) < 4.78 is 0. The molecule has 2 saturated heterocycles. The lowest BCUT2D eigenvalue weighted by Crippen LogP contribution is -2.49. The SMILES string of the molecule is CCCN1CCC(NC(=O)CN2C(=O)NC(CC)(CC)C2=O)CC1. The van der Waals surface area contributed by atoms with Crippen molar-refractivity contribution in [3.8, 4) is 0 Å². The zero-order chi connectivity index (χ0) is 17.7. The molecule has 0 aliphatic carbocycles. The molecule has 2 N–H and O–H groups in total. The molecule has 0 aromatic heterocycles. The van der Waals surface area contributed by atoms with E-state index in [0.29, 0.717) is 12.8 Å². The Labute approximate surface area is 144 Å². The summed E-state index contributed by atoms with van der Waals surface area (Å²) in [7, 11) is 0. The van der Waals surface area contributed by atoms with E-state index in [-0.39, 0.29) is 24.4 Å². The van der Waals surface area contributed by atoms with Gasteiger partial charge in [0, 0.05) is 19.1 Å². The van der Waals surface area contributed by atoms with Gasteiger partial charge in [-0.05, 0) is 38.6 Å². The number of piperidine rings is 1. The molecule has 4 amide bonds. The Morgan fingerprint density at radius 3 is 2.33 bits per heavy atom. The Kier molecular flexibility index (Phi) is 6.21. The summed E-state index contributed by atoms with van der Waals surface area (Å²) in [6.07, 6.45) is 4.03. The topological polar surface area (TPSA) is 81.8 Å². The number of amides is 4. The highest BCUT2D eigenvalue weighted by Crippen LogP contribution is 2.24. The van der Waals surface area contributed by atoms with E-state index in [4.69, 9.17) is 0 Å². The van der Waals surface area contributed by atoms with Gasteiger partial charge in [-0.25, -0.2) is 4.79 Å². The summed E-state index contributed by atoms with van der Waals surface area (Å²) in [6, 6.07) is -0.329. The zero-order valence-corrected chi connectivity index (χ0v) is 15.1. The Morgan fingerprint density at radius 1 is 1.21 bits per heavy atom. The van der Waals surface area contributed by atoms with Crippen LogP contribution >= 0.6 is 0 Å². The fraction of sp³-hybridized carbons (Fsp3) is 0.824. The van der Waals surface area contributed by atoms with Crippen molar-refractivity contribution >= 4 is 17.8 Å². The molecule has 0 saturated carbocycles. The highest BCUT2D eigenvalue weighted by Gasteiger charge is 2.49. The van der Waals surface area contributed by atoms with E-state index in [0.717, 1.165) is 43.8 Å². The Bertz CT molecular complexity index is 482. The molecular formula is C17H30N4O3. The van der Waals surface area contributed by atoms with E-state index in [2.05, 4.69) is 22.5 Å². The summed E-state index contributed by atoms with van der Waals surface area (Å²) in [5.41, 5.74) is -0.844. The summed E-state index contributed by atoms with van der Waals surface area (Å²) in [4.78, 5) is 40.3. The van der Waals surface area contributed by atoms with E-state index in [1.165, 1.54) is 0 Å². The molecule has 7 nitrogen and oxygen atoms in total. The van der Waals surface area contributed by atoms with Crippen LogP contribution in [0.1, 0.15) is 52.9 Å². The number of carbonyl (C=O) groups is 3. The first-order valence-corrected chi connectivity index (χ1v) is 9.11. The highest BCUT2D eigenvalue weighted by molar-refractivity contribution is 6.08. The largest absolute Gasteiger partial charge is 0.352 e. The maximum absolute atomic E-state index is 12.5. The van der Waals surface area contributed by atoms with Gasteiger partial charge in [-0.1, -0.05) is 20.8 Å². The minimum atomic E-state index is -0.844. The molecule has 0 spiro atoms. The second-order valence-electron chi connectivity index (χ2n) is 6.79. The third-order valence-corrected chi connectivity index (χ3v) is 5.25. The first-order valence-electron chi connectivity index (χ1n) is 9.11. The Morgan fingerprint density at radius 2 is 1.83 bits per heavy atom. The Balaban J connectivity index is 1.85. The normalized spacial score (nSPS) is 21.9. The van der Waals surface area contributed by atoms with Crippen molar-refractivity contribution in [3.63, 3.8) is 0 Å². The molecule has 136 valence electrons. The van der Waals surface area contributed by atoms with Gasteiger partial charge >= 0.3 is 6.03 Å². The zero-order valence-electron chi connectivity index (χ0n) is 15.1. The van der Waals surface area contributed by atoms with Gasteiger partial charge in [0.05, 0.1) is 0 Å². The standard InChI is InChI=1S/C17H30N4O3/c1-4-9-20-10-7-13(8-11-20)18-14(22)12-21-15(23)17(5-2,6-3)19-16(21)24/h13H,4-12H2,1-3H3,(H,18,22)(H,19,24). The van der Waals surface area contributed by atoms with Gasteiger partial charge in [0.15, 0.2) is 0 Å². The van der Waals surface area contributed by atoms with Gasteiger partial charge in [-0.3, -0.25) is 14.5 Å². The molecule has 0 atom stereocenters. The predicted octanol–water partition coefficient (Wildman–Crippen LogP) is 1.09. The number of hydrogen-bond donors (Lipinski definition) is 2. The van der Waals surface area contributed by atoms with Gasteiger partial charge in [0.2, 0.25) is 5.91 Å². The Hall–Kier alpha value is -1.63. The lowest BCUT2D eigenvalue weighted by molar-refractivity contribution is -0.135. The second-order valence-corrected chi connectivity index (χ2v) is 6.79. The molecule has 0 unspecified atom stereocenters. The van der Waals surface area contributed by atoms with Gasteiger partial charge in [-0.15, -0.1) is 0 Å². The van der Waals surface area contributed by atoms with Gasteiger partial charge in [0.25, 0.3) is 5.91 Å². The number of urea groups is 1. The van der Waals surface area contributed by atoms with Crippen molar-refractivity contribution < 1.29 is 14.4 Å². The van der Waals surface area contributed by atoms with Gasteiger partial charge < -0.3 is 15.5 Å². The molecule has 0 aromatic carbocycles. The van der Waals surface area contributed by atoms with Crippen LogP contribution in [0.5, 0.6) is 0 Å². The van der Waals surface area contributed by atoms with Crippen molar-refractivity contribution in [2.24, 2.45) is 0 Å². The molecule has 0 radical (unpaired) electrons. The van der Waals surface area contributed by atoms with Crippen molar-refractivity contribution in [1.82, 2.24) is 20.4 Å². The lowest BCUT2D eigenvalue weighted by Gasteiger charge is -2.32. The van der Waals surface area contributed by atoms with Crippen molar-refractivity contribution in [2.75, 3.05) is 26.2 Å². The maximum Gasteiger partial charge on any atom is 0.325 e. The minimum absolute atomic E-state index is 0.133. The third-order valence-electron chi connectivity index (χ3n) is 5.25. The summed E-state index contributed by atoms with van der Waals surface area (Å²) in [5, 5.41) is 5.72. The molecule has 2 aliphatic heterocycles. The fourth-order valence-electron chi connectivity index (χ4n) is 3.58. The van der Waals surface area contributed by atoms with Crippen molar-refractivity contribution in [2.45, 2.75) is 64.5 Å². The van der Waals surface area contributed by atoms with E-state index in [9.17, 15) is 14.4 Å². The van der Waals surface area contributed by atoms with Gasteiger partial charge in [-0.2, -0.15) is 0 Å². The van der Waals surface area contributed by atoms with Crippen LogP contribution in [0.4, 0.5) is 4.79 Å². The van der Waals surface area contributed by atoms with E-state index in [1.807, 2.05) is 13.8 Å². The smallest absolute Gasteiger partial charge is 0.325 e. The van der Waals surface area contributed by atoms with Crippen LogP contribution in [0.15, 0.2) is 0 Å². The predicted molar refractivity (Wildman–Crippen MR) is 91.5 cm³/mol. The number of likely N-dealkylation sites (tertiary alicyclic amines) is 1. The van der Waals surface area contributed by atoms with Crippen LogP contribution < -0.4 is 10.6 Å². The summed E-state index contributed by atoms with van der Waals surface area (Å²) in [5.74, 6) is -0.541. The van der Waals surface area contributed by atoms with Crippen molar-refractivity contribution in [3.05, 3.63) is 0 Å². The van der Waals surface area contributed by atoms with Crippen LogP contribution in [-0.4, -0.2) is 65.4 Å². The lowest BCUT2D eigenvalue weighted by atomic mass is 9.93. The number of nitrogens with zero attached hydrogens (tertiary/aromatic N) is 2. The summed E-state index contributed by atoms with van der Waals surface area (Å²) in [6.45, 7) is 8.78. The maximum atomic E-state index is 12.5. The van der Waals surface area contributed by atoms with E-state index >= 15 is 0 Å². The molecule has 7 heteroatoms. The van der Waals surface area contributed by atoms with Crippen LogP contribution in [0.25, 0.3) is 0 Å². The number of imide groups is 1. The van der Waals surface area contributed by atoms with E-state index in [1.54, 1.807) is 0 Å². The second kappa shape index (κ2) is 7.96. The van der Waals surface area contributed by atoms with Crippen LogP contribution in [0.3, 0.4) is 0 Å². The molecule has 0 bridgehead atoms. The number of rotatable bonds is 7. The van der Waals surface area contributed by atoms with Crippen LogP contribution in [0.2, 0.25) is 0 Å². The van der Waals surface area contributed by atoms with Crippen molar-refractivity contribution in [1.29, 1.82) is 0 Å². The molecule has 24 heavy (non-hydrogen) atoms. The van der Waals surface area contributed by atoms with Crippen LogP contribution in [-0.2, 0) is 9.59 Å². The highest BCUT2D eigenvalue weighted by atomic mass is 16.2. The van der Waals surface area contributed by atoms with Gasteiger partial charge in [0.1, 0.15) is 12.1 Å². The van der Waals surface area contributed by atoms with E-state index < -0.39 is 11.6 Å².